The molecule has 4 aromatic rings. The number of hydrogen-bond acceptors (Lipinski definition) is 3. The molecule has 7 heteroatoms. The van der Waals surface area contributed by atoms with Gasteiger partial charge in [-0.15, -0.1) is 30.2 Å². The number of aromatic carboxylic acids is 1. The number of carboxylic acid groups (broad SMARTS) is 1. The zero-order valence-corrected chi connectivity index (χ0v) is 25.2. The average Bonchev–Trinajstić information content (AvgIpc) is 3.81. The lowest BCUT2D eigenvalue weighted by Crippen LogP contribution is -2.34. The van der Waals surface area contributed by atoms with Crippen LogP contribution in [0.15, 0.2) is 96.6 Å². The van der Waals surface area contributed by atoms with Crippen molar-refractivity contribution in [2.24, 2.45) is 0 Å². The lowest BCUT2D eigenvalue weighted by atomic mass is 9.82. The Morgan fingerprint density at radius 1 is 1.02 bits per heavy atom. The van der Waals surface area contributed by atoms with E-state index in [1.165, 1.54) is 53.6 Å². The van der Waals surface area contributed by atoms with Gasteiger partial charge in [0.2, 0.25) is 0 Å². The van der Waals surface area contributed by atoms with Gasteiger partial charge in [-0.3, -0.25) is 4.90 Å². The van der Waals surface area contributed by atoms with Gasteiger partial charge in [0.15, 0.2) is 0 Å². The number of fused-ring (bicyclic) bond motifs is 1. The third-order valence-electron chi connectivity index (χ3n) is 9.14. The molecule has 0 amide bonds. The molecule has 0 radical (unpaired) electrons. The first-order chi connectivity index (χ1) is 21.3. The molecule has 3 aliphatic rings. The summed E-state index contributed by atoms with van der Waals surface area (Å²) in [6.07, 6.45) is 12.6. The quantitative estimate of drug-likeness (QED) is 0.204. The van der Waals surface area contributed by atoms with Crippen molar-refractivity contribution >= 4 is 28.6 Å². The SMILES string of the molecule is C=C1C=CC(C(c2ccc(Cl)cc2)c2ccc3nc(C4CC4)n(C4CCN(Cc5cc(C(=O)O)ccc5F)CC4)c3c2)=C[CH-]1. The van der Waals surface area contributed by atoms with Crippen LogP contribution in [0, 0.1) is 12.2 Å². The molecule has 1 aliphatic heterocycles. The summed E-state index contributed by atoms with van der Waals surface area (Å²) in [6.45, 7) is 6.08. The van der Waals surface area contributed by atoms with E-state index >= 15 is 0 Å². The first-order valence-electron chi connectivity index (χ1n) is 15.3. The molecule has 5 nitrogen and oxygen atoms in total. The summed E-state index contributed by atoms with van der Waals surface area (Å²) in [5, 5.41) is 10.1. The highest BCUT2D eigenvalue weighted by Gasteiger charge is 2.33. The van der Waals surface area contributed by atoms with Gasteiger partial charge < -0.3 is 9.67 Å². The third-order valence-corrected chi connectivity index (χ3v) is 9.39. The molecule has 1 aromatic heterocycles. The fraction of sp³-hybridized carbons (Fsp3) is 0.270. The van der Waals surface area contributed by atoms with E-state index in [1.807, 2.05) is 12.1 Å². The maximum absolute atomic E-state index is 14.6. The van der Waals surface area contributed by atoms with E-state index in [9.17, 15) is 14.3 Å². The van der Waals surface area contributed by atoms with Crippen LogP contribution < -0.4 is 0 Å². The van der Waals surface area contributed by atoms with Crippen LogP contribution in [-0.2, 0) is 6.54 Å². The molecule has 2 fully saturated rings. The van der Waals surface area contributed by atoms with Gasteiger partial charge >= 0.3 is 5.97 Å². The van der Waals surface area contributed by atoms with Crippen molar-refractivity contribution in [2.45, 2.75) is 50.1 Å². The fourth-order valence-electron chi connectivity index (χ4n) is 6.67. The molecule has 3 aromatic carbocycles. The van der Waals surface area contributed by atoms with E-state index in [4.69, 9.17) is 16.6 Å². The summed E-state index contributed by atoms with van der Waals surface area (Å²) in [7, 11) is 0. The summed E-state index contributed by atoms with van der Waals surface area (Å²) in [6, 6.07) is 19.1. The van der Waals surface area contributed by atoms with Crippen molar-refractivity contribution in [3.63, 3.8) is 0 Å². The van der Waals surface area contributed by atoms with Gasteiger partial charge in [0.25, 0.3) is 0 Å². The number of carboxylic acids is 1. The van der Waals surface area contributed by atoms with E-state index in [0.29, 0.717) is 23.0 Å². The third kappa shape index (κ3) is 5.72. The zero-order valence-electron chi connectivity index (χ0n) is 24.4. The first kappa shape index (κ1) is 28.6. The number of nitrogens with zero attached hydrogens (tertiary/aromatic N) is 3. The summed E-state index contributed by atoms with van der Waals surface area (Å²) < 4.78 is 17.1. The molecule has 1 atom stereocenters. The van der Waals surface area contributed by atoms with Crippen LogP contribution in [0.25, 0.3) is 11.0 Å². The highest BCUT2D eigenvalue weighted by molar-refractivity contribution is 6.30. The first-order valence-corrected chi connectivity index (χ1v) is 15.6. The Kier molecular flexibility index (Phi) is 7.65. The second kappa shape index (κ2) is 11.8. The lowest BCUT2D eigenvalue weighted by molar-refractivity contribution is 0.0696. The number of benzene rings is 3. The second-order valence-corrected chi connectivity index (χ2v) is 12.6. The Labute approximate surface area is 262 Å². The van der Waals surface area contributed by atoms with Gasteiger partial charge in [-0.25, -0.2) is 14.2 Å². The van der Waals surface area contributed by atoms with Gasteiger partial charge in [-0.2, -0.15) is 12.2 Å². The van der Waals surface area contributed by atoms with E-state index in [-0.39, 0.29) is 23.3 Å². The Balaban J connectivity index is 1.20. The molecule has 0 spiro atoms. The van der Waals surface area contributed by atoms with E-state index in [2.05, 4.69) is 71.0 Å². The highest BCUT2D eigenvalue weighted by Crippen LogP contribution is 2.44. The maximum Gasteiger partial charge on any atom is 0.335 e. The molecule has 7 rings (SSSR count). The Morgan fingerprint density at radius 3 is 2.45 bits per heavy atom. The summed E-state index contributed by atoms with van der Waals surface area (Å²) >= 11 is 6.27. The van der Waals surface area contributed by atoms with Crippen LogP contribution in [-0.4, -0.2) is 38.6 Å². The summed E-state index contributed by atoms with van der Waals surface area (Å²) in [5.41, 5.74) is 7.28. The van der Waals surface area contributed by atoms with E-state index in [0.717, 1.165) is 42.5 Å². The Hall–Kier alpha value is -4.13. The molecule has 1 saturated carbocycles. The van der Waals surface area contributed by atoms with Gasteiger partial charge in [-0.05, 0) is 79.3 Å². The van der Waals surface area contributed by atoms with Gasteiger partial charge in [0.1, 0.15) is 11.6 Å². The molecule has 0 bridgehead atoms. The van der Waals surface area contributed by atoms with Crippen LogP contribution in [0.4, 0.5) is 4.39 Å². The van der Waals surface area contributed by atoms with E-state index in [1.54, 1.807) is 0 Å². The Morgan fingerprint density at radius 2 is 1.77 bits per heavy atom. The van der Waals surface area contributed by atoms with Gasteiger partial charge in [-0.1, -0.05) is 29.8 Å². The number of likely N-dealkylation sites (tertiary alicyclic amines) is 1. The van der Waals surface area contributed by atoms with Crippen LogP contribution in [0.5, 0.6) is 0 Å². The molecule has 1 saturated heterocycles. The van der Waals surface area contributed by atoms with Crippen LogP contribution in [0.1, 0.15) is 76.4 Å². The largest absolute Gasteiger partial charge is 0.478 e. The topological polar surface area (TPSA) is 58.4 Å². The monoisotopic (exact) mass is 606 g/mol. The smallest absolute Gasteiger partial charge is 0.335 e. The van der Waals surface area contributed by atoms with Crippen molar-refractivity contribution in [3.8, 4) is 0 Å². The number of halogens is 2. The average molecular weight is 607 g/mol. The van der Waals surface area contributed by atoms with Crippen molar-refractivity contribution in [3.05, 3.63) is 142 Å². The number of carbonyl (C=O) groups is 1. The Bertz CT molecular complexity index is 1810. The predicted molar refractivity (Wildman–Crippen MR) is 173 cm³/mol. The number of piperidine rings is 1. The molecule has 1 N–H and O–H groups in total. The van der Waals surface area contributed by atoms with Crippen LogP contribution in [0.3, 0.4) is 0 Å². The van der Waals surface area contributed by atoms with Crippen LogP contribution >= 0.6 is 11.6 Å². The molecule has 2 aliphatic carbocycles. The second-order valence-electron chi connectivity index (χ2n) is 12.2. The molecule has 1 unspecified atom stereocenters. The number of imidazole rings is 1. The van der Waals surface area contributed by atoms with E-state index < -0.39 is 5.97 Å². The van der Waals surface area contributed by atoms with Crippen molar-refractivity contribution in [1.29, 1.82) is 0 Å². The zero-order chi connectivity index (χ0) is 30.4. The van der Waals surface area contributed by atoms with Gasteiger partial charge in [0.05, 0.1) is 16.6 Å². The standard InChI is InChI=1S/C37H34ClFN3O2/c1-23-2-4-24(5-3-23)35(25-8-12-30(38)13-9-25)27-11-15-33-34(21-27)42(36(40-33)26-6-7-26)31-16-18-41(19-17-31)22-29-20-28(37(43)44)10-14-32(29)39/h2-5,8-15,20-21,26,31,35H,1,6-7,16-19,22H2,(H,43,44)/q-1. The number of allylic oxidation sites excluding steroid dienone is 5. The summed E-state index contributed by atoms with van der Waals surface area (Å²) in [4.78, 5) is 18.8. The molecule has 2 heterocycles. The highest BCUT2D eigenvalue weighted by atomic mass is 35.5. The predicted octanol–water partition coefficient (Wildman–Crippen LogP) is 8.63. The fourth-order valence-corrected chi connectivity index (χ4v) is 6.80. The number of hydrogen-bond donors (Lipinski definition) is 1. The minimum absolute atomic E-state index is 0.0308. The van der Waals surface area contributed by atoms with Crippen LogP contribution in [0.2, 0.25) is 5.02 Å². The number of aromatic nitrogens is 2. The minimum atomic E-state index is -1.04. The minimum Gasteiger partial charge on any atom is -0.478 e. The molecular weight excluding hydrogens is 573 g/mol. The molecule has 224 valence electrons. The molecular formula is C37H34ClFN3O2-. The van der Waals surface area contributed by atoms with Crippen molar-refractivity contribution in [1.82, 2.24) is 14.5 Å². The van der Waals surface area contributed by atoms with Gasteiger partial charge in [0, 0.05) is 48.1 Å². The van der Waals surface area contributed by atoms with Crippen molar-refractivity contribution in [2.75, 3.05) is 13.1 Å². The normalized spacial score (nSPS) is 18.3. The van der Waals surface area contributed by atoms with Crippen molar-refractivity contribution < 1.29 is 14.3 Å². The lowest BCUT2D eigenvalue weighted by Gasteiger charge is -2.34. The summed E-state index contributed by atoms with van der Waals surface area (Å²) in [5.74, 6) is 0.305. The number of rotatable bonds is 8. The maximum atomic E-state index is 14.6. The molecule has 44 heavy (non-hydrogen) atoms.